The third kappa shape index (κ3) is 8.99. The van der Waals surface area contributed by atoms with E-state index in [0.717, 1.165) is 16.9 Å². The highest BCUT2D eigenvalue weighted by molar-refractivity contribution is 5.98. The van der Waals surface area contributed by atoms with Gasteiger partial charge in [0.2, 0.25) is 0 Å². The maximum absolute atomic E-state index is 13.0. The topological polar surface area (TPSA) is 216 Å². The Labute approximate surface area is 265 Å². The summed E-state index contributed by atoms with van der Waals surface area (Å²) in [6.45, 7) is 11.9. The molecule has 0 atom stereocenters. The number of aromatic nitrogens is 5. The third-order valence-electron chi connectivity index (χ3n) is 6.53. The van der Waals surface area contributed by atoms with Crippen molar-refractivity contribution in [1.29, 1.82) is 0 Å². The number of anilines is 1. The second-order valence-electron chi connectivity index (χ2n) is 10.8. The Kier molecular flexibility index (Phi) is 12.1. The van der Waals surface area contributed by atoms with Crippen molar-refractivity contribution < 1.29 is 38.0 Å². The van der Waals surface area contributed by atoms with E-state index in [1.165, 1.54) is 0 Å². The number of fused-ring (bicyclic) bond motifs is 2. The Bertz CT molecular complexity index is 1700. The molecule has 46 heavy (non-hydrogen) atoms. The average Bonchev–Trinajstić information content (AvgIpc) is 3.59. The summed E-state index contributed by atoms with van der Waals surface area (Å²) in [6, 6.07) is 7.28. The van der Waals surface area contributed by atoms with Gasteiger partial charge in [0, 0.05) is 30.9 Å². The highest BCUT2D eigenvalue weighted by atomic mass is 16.6. The van der Waals surface area contributed by atoms with Crippen LogP contribution in [0.3, 0.4) is 0 Å². The molecule has 0 unspecified atom stereocenters. The van der Waals surface area contributed by atoms with Crippen LogP contribution in [0.25, 0.3) is 22.2 Å². The van der Waals surface area contributed by atoms with E-state index in [1.807, 2.05) is 26.0 Å². The minimum Gasteiger partial charge on any atom is -0.444 e. The number of nitrogens with two attached hydrogens (primary N) is 1. The molecule has 3 amide bonds. The Balaban J connectivity index is 0.00000107. The number of hydrogen-bond donors (Lipinski definition) is 5. The second kappa shape index (κ2) is 16.0. The van der Waals surface area contributed by atoms with Crippen LogP contribution in [0.5, 0.6) is 0 Å². The number of aryl methyl sites for hydroxylation is 2. The lowest BCUT2D eigenvalue weighted by atomic mass is 10.2. The van der Waals surface area contributed by atoms with Gasteiger partial charge in [0.1, 0.15) is 17.7 Å². The summed E-state index contributed by atoms with van der Waals surface area (Å²) in [4.78, 5) is 67.1. The summed E-state index contributed by atoms with van der Waals surface area (Å²) in [5.41, 5.74) is 8.93. The molecule has 6 N–H and O–H groups in total. The number of ether oxygens (including phenoxy) is 2. The van der Waals surface area contributed by atoms with Crippen LogP contribution in [-0.4, -0.2) is 69.1 Å². The number of nitrogen functional groups attached to an aromatic ring is 1. The quantitative estimate of drug-likeness (QED) is 0.0655. The molecule has 0 spiro atoms. The zero-order valence-corrected chi connectivity index (χ0v) is 26.5. The fourth-order valence-electron chi connectivity index (χ4n) is 4.64. The number of alkyl carbamates (subject to hydrolysis) is 1. The largest absolute Gasteiger partial charge is 0.444 e. The van der Waals surface area contributed by atoms with Gasteiger partial charge in [-0.2, -0.15) is 0 Å². The molecule has 0 fully saturated rings. The van der Waals surface area contributed by atoms with Crippen LogP contribution in [0.2, 0.25) is 0 Å². The van der Waals surface area contributed by atoms with Crippen molar-refractivity contribution >= 4 is 58.9 Å². The van der Waals surface area contributed by atoms with Crippen molar-refractivity contribution in [2.45, 2.75) is 66.3 Å². The summed E-state index contributed by atoms with van der Waals surface area (Å²) in [6.07, 6.45) is 1.77. The van der Waals surface area contributed by atoms with Crippen LogP contribution in [0.1, 0.15) is 67.7 Å². The average molecular weight is 639 g/mol. The number of rotatable bonds is 12. The highest BCUT2D eigenvalue weighted by Gasteiger charge is 2.26. The number of hydrogen-bond acceptors (Lipinski definition) is 10. The first-order valence-corrected chi connectivity index (χ1v) is 14.7. The summed E-state index contributed by atoms with van der Waals surface area (Å²) >= 11 is 0. The summed E-state index contributed by atoms with van der Waals surface area (Å²) in [5, 5.41) is 8.51. The highest BCUT2D eigenvalue weighted by Crippen LogP contribution is 2.18. The van der Waals surface area contributed by atoms with Gasteiger partial charge in [-0.15, -0.1) is 0 Å². The predicted octanol–water partition coefficient (Wildman–Crippen LogP) is 1.71. The van der Waals surface area contributed by atoms with Gasteiger partial charge in [0.15, 0.2) is 28.2 Å². The third-order valence-corrected chi connectivity index (χ3v) is 6.53. The van der Waals surface area contributed by atoms with Crippen molar-refractivity contribution in [2.24, 2.45) is 0 Å². The van der Waals surface area contributed by atoms with Crippen LogP contribution >= 0.6 is 0 Å². The first-order valence-electron chi connectivity index (χ1n) is 14.7. The summed E-state index contributed by atoms with van der Waals surface area (Å²) in [7, 11) is 0. The molecule has 4 rings (SSSR count). The monoisotopic (exact) mass is 638 g/mol. The second-order valence-corrected chi connectivity index (χ2v) is 10.8. The molecule has 0 saturated heterocycles. The van der Waals surface area contributed by atoms with Gasteiger partial charge in [-0.3, -0.25) is 19.2 Å². The Morgan fingerprint density at radius 1 is 1.02 bits per heavy atom. The summed E-state index contributed by atoms with van der Waals surface area (Å²) in [5.74, 6) is 0.293. The Morgan fingerprint density at radius 3 is 2.37 bits per heavy atom. The SMILES string of the molecule is CCn1c(CNC(=O)c2nc3cc[nH]c3nc2N)[n+](CC)c2ccc(C(=O)NCCCNC(=O)OC(C)(C)C)cc21.O=COC=O. The molecule has 3 heterocycles. The van der Waals surface area contributed by atoms with Gasteiger partial charge in [0.05, 0.1) is 13.1 Å². The number of H-pyrrole nitrogens is 1. The maximum Gasteiger partial charge on any atom is 0.407 e. The molecule has 3 aromatic heterocycles. The van der Waals surface area contributed by atoms with Gasteiger partial charge < -0.3 is 36.1 Å². The lowest BCUT2D eigenvalue weighted by Crippen LogP contribution is -2.40. The number of nitrogens with zero attached hydrogens (tertiary/aromatic N) is 4. The molecular weight excluding hydrogens is 598 g/mol. The number of nitrogens with one attached hydrogen (secondary N) is 4. The smallest absolute Gasteiger partial charge is 0.407 e. The minimum atomic E-state index is -0.561. The number of benzene rings is 1. The molecule has 16 nitrogen and oxygen atoms in total. The zero-order chi connectivity index (χ0) is 33.9. The van der Waals surface area contributed by atoms with Crippen LogP contribution in [0.4, 0.5) is 10.6 Å². The van der Waals surface area contributed by atoms with Gasteiger partial charge >= 0.3 is 19.0 Å². The van der Waals surface area contributed by atoms with E-state index in [4.69, 9.17) is 20.1 Å². The van der Waals surface area contributed by atoms with Crippen LogP contribution in [0.15, 0.2) is 30.5 Å². The van der Waals surface area contributed by atoms with E-state index < -0.39 is 17.6 Å². The number of imidazole rings is 1. The van der Waals surface area contributed by atoms with Crippen molar-refractivity contribution in [3.8, 4) is 0 Å². The first kappa shape index (κ1) is 34.9. The van der Waals surface area contributed by atoms with Gasteiger partial charge in [-0.1, -0.05) is 0 Å². The first-order chi connectivity index (χ1) is 21.9. The molecule has 0 bridgehead atoms. The maximum atomic E-state index is 13.0. The van der Waals surface area contributed by atoms with Crippen LogP contribution in [-0.2, 0) is 38.7 Å². The van der Waals surface area contributed by atoms with E-state index in [-0.39, 0.29) is 36.9 Å². The molecule has 16 heteroatoms. The van der Waals surface area contributed by atoms with E-state index >= 15 is 0 Å². The zero-order valence-electron chi connectivity index (χ0n) is 26.5. The lowest BCUT2D eigenvalue weighted by Gasteiger charge is -2.19. The fourth-order valence-corrected chi connectivity index (χ4v) is 4.64. The fraction of sp³-hybridized carbons (Fsp3) is 0.400. The number of carbonyl (C=O) groups is 5. The lowest BCUT2D eigenvalue weighted by molar-refractivity contribution is -0.676. The van der Waals surface area contributed by atoms with Gasteiger partial charge in [0.25, 0.3) is 17.6 Å². The molecular formula is C30H40N9O7+. The standard InChI is InChI=1S/C28H37N9O4.C2H2O3/c1-6-36-19-10-9-17(25(38)31-12-8-13-32-27(40)41-28(3,4)5)15-20(19)37(7-2)21(36)16-33-26(39)22-23(29)35-24-18(34-22)11-14-30-24;3-1-5-2-4/h9-11,14-15H,6-8,12-13,16H2,1-5H3,(H5-,29,30,31,32,33,34,35,38,39,40);1-2H/p+1. The van der Waals surface area contributed by atoms with Gasteiger partial charge in [-0.05, 0) is 59.2 Å². The molecule has 4 aromatic rings. The van der Waals surface area contributed by atoms with E-state index in [9.17, 15) is 14.4 Å². The molecule has 1 aromatic carbocycles. The number of aromatic amines is 1. The number of amides is 3. The van der Waals surface area contributed by atoms with Crippen molar-refractivity contribution in [1.82, 2.24) is 35.5 Å². The van der Waals surface area contributed by atoms with E-state index in [1.54, 1.807) is 39.1 Å². The van der Waals surface area contributed by atoms with Crippen LogP contribution in [0, 0.1) is 0 Å². The van der Waals surface area contributed by atoms with Crippen molar-refractivity contribution in [2.75, 3.05) is 18.8 Å². The molecule has 0 radical (unpaired) electrons. The normalized spacial score (nSPS) is 10.9. The van der Waals surface area contributed by atoms with Crippen molar-refractivity contribution in [3.63, 3.8) is 0 Å². The van der Waals surface area contributed by atoms with E-state index in [2.05, 4.69) is 44.8 Å². The Hall–Kier alpha value is -5.54. The Morgan fingerprint density at radius 2 is 1.74 bits per heavy atom. The summed E-state index contributed by atoms with van der Waals surface area (Å²) < 4.78 is 12.9. The van der Waals surface area contributed by atoms with Crippen LogP contribution < -0.4 is 26.3 Å². The predicted molar refractivity (Wildman–Crippen MR) is 167 cm³/mol. The molecule has 0 saturated carbocycles. The molecule has 0 aliphatic carbocycles. The minimum absolute atomic E-state index is 0.0492. The van der Waals surface area contributed by atoms with E-state index in [0.29, 0.717) is 49.3 Å². The number of carbonyl (C=O) groups excluding carboxylic acids is 5. The van der Waals surface area contributed by atoms with Crippen molar-refractivity contribution in [3.05, 3.63) is 47.5 Å². The molecule has 0 aliphatic heterocycles. The van der Waals surface area contributed by atoms with Gasteiger partial charge in [-0.25, -0.2) is 23.9 Å². The molecule has 0 aliphatic rings. The molecule has 246 valence electrons.